The van der Waals surface area contributed by atoms with Gasteiger partial charge in [-0.3, -0.25) is 14.8 Å². The Morgan fingerprint density at radius 2 is 2.11 bits per heavy atom. The van der Waals surface area contributed by atoms with Crippen LogP contribution in [0, 0.1) is 16.0 Å². The van der Waals surface area contributed by atoms with Gasteiger partial charge in [0.15, 0.2) is 0 Å². The molecule has 0 unspecified atom stereocenters. The third-order valence-corrected chi connectivity index (χ3v) is 3.99. The number of hydrogen-bond acceptors (Lipinski definition) is 3. The first-order chi connectivity index (χ1) is 9.24. The SMILES string of the molecule is O=[N+]([O-])c1ccc2c(cnn2CC2CCCCC2)c1. The molecule has 1 heterocycles. The molecular formula is C14H17N3O2. The van der Waals surface area contributed by atoms with Crippen molar-refractivity contribution < 1.29 is 4.92 Å². The molecule has 1 fully saturated rings. The molecule has 5 nitrogen and oxygen atoms in total. The summed E-state index contributed by atoms with van der Waals surface area (Å²) >= 11 is 0. The lowest BCUT2D eigenvalue weighted by atomic mass is 9.89. The van der Waals surface area contributed by atoms with Gasteiger partial charge in [0.25, 0.3) is 5.69 Å². The van der Waals surface area contributed by atoms with Crippen molar-refractivity contribution in [1.29, 1.82) is 0 Å². The van der Waals surface area contributed by atoms with E-state index in [-0.39, 0.29) is 10.6 Å². The summed E-state index contributed by atoms with van der Waals surface area (Å²) in [7, 11) is 0. The Bertz CT molecular complexity index is 600. The minimum Gasteiger partial charge on any atom is -0.265 e. The van der Waals surface area contributed by atoms with E-state index in [4.69, 9.17) is 0 Å². The van der Waals surface area contributed by atoms with Crippen molar-refractivity contribution in [3.05, 3.63) is 34.5 Å². The van der Waals surface area contributed by atoms with Crippen molar-refractivity contribution in [2.45, 2.75) is 38.6 Å². The number of benzene rings is 1. The zero-order valence-electron chi connectivity index (χ0n) is 10.8. The van der Waals surface area contributed by atoms with E-state index in [1.54, 1.807) is 18.3 Å². The van der Waals surface area contributed by atoms with E-state index in [1.807, 2.05) is 10.7 Å². The summed E-state index contributed by atoms with van der Waals surface area (Å²) in [6.07, 6.45) is 8.25. The maximum absolute atomic E-state index is 10.7. The van der Waals surface area contributed by atoms with Crippen molar-refractivity contribution in [2.75, 3.05) is 0 Å². The van der Waals surface area contributed by atoms with Crippen molar-refractivity contribution in [3.8, 4) is 0 Å². The summed E-state index contributed by atoms with van der Waals surface area (Å²) in [5.74, 6) is 0.701. The Morgan fingerprint density at radius 1 is 1.32 bits per heavy atom. The Labute approximate surface area is 111 Å². The number of nitro groups is 1. The molecule has 0 spiro atoms. The highest BCUT2D eigenvalue weighted by molar-refractivity contribution is 5.81. The second kappa shape index (κ2) is 4.99. The van der Waals surface area contributed by atoms with Gasteiger partial charge in [0, 0.05) is 24.1 Å². The van der Waals surface area contributed by atoms with Crippen LogP contribution >= 0.6 is 0 Å². The minimum atomic E-state index is -0.363. The van der Waals surface area contributed by atoms with Gasteiger partial charge in [-0.05, 0) is 24.8 Å². The van der Waals surface area contributed by atoms with Crippen LogP contribution in [0.3, 0.4) is 0 Å². The van der Waals surface area contributed by atoms with Gasteiger partial charge >= 0.3 is 0 Å². The molecule has 1 aromatic heterocycles. The average Bonchev–Trinajstić information content (AvgIpc) is 2.82. The van der Waals surface area contributed by atoms with E-state index >= 15 is 0 Å². The second-order valence-electron chi connectivity index (χ2n) is 5.33. The summed E-state index contributed by atoms with van der Waals surface area (Å²) in [5, 5.41) is 16.0. The van der Waals surface area contributed by atoms with Gasteiger partial charge in [-0.15, -0.1) is 0 Å². The molecule has 0 bridgehead atoms. The van der Waals surface area contributed by atoms with Crippen LogP contribution in [0.25, 0.3) is 10.9 Å². The summed E-state index contributed by atoms with van der Waals surface area (Å²) < 4.78 is 2.00. The normalized spacial score (nSPS) is 16.8. The van der Waals surface area contributed by atoms with E-state index in [0.29, 0.717) is 5.92 Å². The van der Waals surface area contributed by atoms with Crippen LogP contribution in [0.5, 0.6) is 0 Å². The maximum Gasteiger partial charge on any atom is 0.270 e. The number of aromatic nitrogens is 2. The predicted octanol–water partition coefficient (Wildman–Crippen LogP) is 3.52. The highest BCUT2D eigenvalue weighted by Crippen LogP contribution is 2.27. The first kappa shape index (κ1) is 12.1. The molecule has 0 atom stereocenters. The molecule has 0 radical (unpaired) electrons. The molecule has 1 aliphatic rings. The zero-order valence-corrected chi connectivity index (χ0v) is 10.8. The topological polar surface area (TPSA) is 61.0 Å². The van der Waals surface area contributed by atoms with Crippen LogP contribution in [0.15, 0.2) is 24.4 Å². The molecule has 1 aromatic carbocycles. The lowest BCUT2D eigenvalue weighted by Crippen LogP contribution is -2.14. The third-order valence-electron chi connectivity index (χ3n) is 3.99. The number of non-ortho nitro benzene ring substituents is 1. The molecule has 5 heteroatoms. The molecule has 1 saturated carbocycles. The van der Waals surface area contributed by atoms with E-state index in [0.717, 1.165) is 17.4 Å². The van der Waals surface area contributed by atoms with Crippen molar-refractivity contribution in [2.24, 2.45) is 5.92 Å². The van der Waals surface area contributed by atoms with E-state index in [9.17, 15) is 10.1 Å². The van der Waals surface area contributed by atoms with Crippen LogP contribution in [0.1, 0.15) is 32.1 Å². The summed E-state index contributed by atoms with van der Waals surface area (Å²) in [4.78, 5) is 10.4. The summed E-state index contributed by atoms with van der Waals surface area (Å²) in [6, 6.07) is 4.96. The fraction of sp³-hybridized carbons (Fsp3) is 0.500. The van der Waals surface area contributed by atoms with Gasteiger partial charge < -0.3 is 0 Å². The minimum absolute atomic E-state index is 0.129. The molecule has 19 heavy (non-hydrogen) atoms. The van der Waals surface area contributed by atoms with Crippen molar-refractivity contribution in [3.63, 3.8) is 0 Å². The van der Waals surface area contributed by atoms with Gasteiger partial charge in [-0.25, -0.2) is 0 Å². The molecular weight excluding hydrogens is 242 g/mol. The van der Waals surface area contributed by atoms with E-state index in [1.165, 1.54) is 32.1 Å². The summed E-state index contributed by atoms with van der Waals surface area (Å²) in [5.41, 5.74) is 1.13. The van der Waals surface area contributed by atoms with Crippen LogP contribution < -0.4 is 0 Å². The number of nitro benzene ring substituents is 1. The van der Waals surface area contributed by atoms with Crippen molar-refractivity contribution in [1.82, 2.24) is 9.78 Å². The predicted molar refractivity (Wildman–Crippen MR) is 73.0 cm³/mol. The lowest BCUT2D eigenvalue weighted by Gasteiger charge is -2.21. The third kappa shape index (κ3) is 2.45. The molecule has 1 aliphatic carbocycles. The maximum atomic E-state index is 10.7. The first-order valence-electron chi connectivity index (χ1n) is 6.84. The Kier molecular flexibility index (Phi) is 3.19. The fourth-order valence-electron chi connectivity index (χ4n) is 2.95. The largest absolute Gasteiger partial charge is 0.270 e. The zero-order chi connectivity index (χ0) is 13.2. The fourth-order valence-corrected chi connectivity index (χ4v) is 2.95. The molecule has 100 valence electrons. The Morgan fingerprint density at radius 3 is 2.84 bits per heavy atom. The number of hydrogen-bond donors (Lipinski definition) is 0. The second-order valence-corrected chi connectivity index (χ2v) is 5.33. The summed E-state index contributed by atoms with van der Waals surface area (Å²) in [6.45, 7) is 0.932. The van der Waals surface area contributed by atoms with Gasteiger partial charge in [0.2, 0.25) is 0 Å². The average molecular weight is 259 g/mol. The standard InChI is InChI=1S/C14H17N3O2/c18-17(19)13-6-7-14-12(8-13)9-15-16(14)10-11-4-2-1-3-5-11/h6-9,11H,1-5,10H2. The quantitative estimate of drug-likeness (QED) is 0.625. The first-order valence-corrected chi connectivity index (χ1v) is 6.84. The van der Waals surface area contributed by atoms with Gasteiger partial charge in [-0.2, -0.15) is 5.10 Å². The number of fused-ring (bicyclic) bond motifs is 1. The molecule has 0 amide bonds. The number of nitrogens with zero attached hydrogens (tertiary/aromatic N) is 3. The molecule has 3 rings (SSSR count). The van der Waals surface area contributed by atoms with Gasteiger partial charge in [0.1, 0.15) is 0 Å². The molecule has 0 N–H and O–H groups in total. The Balaban J connectivity index is 1.86. The molecule has 2 aromatic rings. The molecule has 0 saturated heterocycles. The smallest absolute Gasteiger partial charge is 0.265 e. The highest BCUT2D eigenvalue weighted by Gasteiger charge is 2.16. The van der Waals surface area contributed by atoms with Crippen LogP contribution in [-0.4, -0.2) is 14.7 Å². The number of rotatable bonds is 3. The highest BCUT2D eigenvalue weighted by atomic mass is 16.6. The monoisotopic (exact) mass is 259 g/mol. The lowest BCUT2D eigenvalue weighted by molar-refractivity contribution is -0.384. The van der Waals surface area contributed by atoms with Crippen LogP contribution in [0.4, 0.5) is 5.69 Å². The van der Waals surface area contributed by atoms with Crippen LogP contribution in [0.2, 0.25) is 0 Å². The van der Waals surface area contributed by atoms with Crippen molar-refractivity contribution >= 4 is 16.6 Å². The van der Waals surface area contributed by atoms with E-state index in [2.05, 4.69) is 5.10 Å². The molecule has 0 aliphatic heterocycles. The van der Waals surface area contributed by atoms with E-state index < -0.39 is 0 Å². The van der Waals surface area contributed by atoms with Gasteiger partial charge in [0.05, 0.1) is 16.6 Å². The van der Waals surface area contributed by atoms with Gasteiger partial charge in [-0.1, -0.05) is 19.3 Å². The Hall–Kier alpha value is -1.91. The van der Waals surface area contributed by atoms with Crippen LogP contribution in [-0.2, 0) is 6.54 Å².